The summed E-state index contributed by atoms with van der Waals surface area (Å²) in [6.07, 6.45) is 2.98. The van der Waals surface area contributed by atoms with Crippen molar-refractivity contribution in [1.82, 2.24) is 15.8 Å². The van der Waals surface area contributed by atoms with E-state index in [4.69, 9.17) is 9.47 Å². The summed E-state index contributed by atoms with van der Waals surface area (Å²) in [4.78, 5) is 27.1. The number of methoxy groups -OCH3 is 1. The predicted molar refractivity (Wildman–Crippen MR) is 78.3 cm³/mol. The zero-order valence-corrected chi connectivity index (χ0v) is 11.9. The van der Waals surface area contributed by atoms with Gasteiger partial charge in [0.25, 0.3) is 11.8 Å². The highest BCUT2D eigenvalue weighted by Gasteiger charge is 2.07. The zero-order valence-electron chi connectivity index (χ0n) is 11.9. The molecule has 0 bridgehead atoms. The van der Waals surface area contributed by atoms with E-state index in [2.05, 4.69) is 15.8 Å². The van der Waals surface area contributed by atoms with E-state index in [-0.39, 0.29) is 6.61 Å². The first kappa shape index (κ1) is 15.3. The lowest BCUT2D eigenvalue weighted by molar-refractivity contribution is -0.123. The number of aromatic nitrogens is 1. The molecule has 2 aromatic rings. The van der Waals surface area contributed by atoms with E-state index in [0.29, 0.717) is 17.1 Å². The summed E-state index contributed by atoms with van der Waals surface area (Å²) in [6.45, 7) is -0.232. The summed E-state index contributed by atoms with van der Waals surface area (Å²) in [5.74, 6) is 0.209. The van der Waals surface area contributed by atoms with E-state index in [9.17, 15) is 9.59 Å². The first-order valence-corrected chi connectivity index (χ1v) is 6.45. The summed E-state index contributed by atoms with van der Waals surface area (Å²) < 4.78 is 10.3. The van der Waals surface area contributed by atoms with Crippen molar-refractivity contribution in [3.05, 3.63) is 54.4 Å². The lowest BCUT2D eigenvalue weighted by Gasteiger charge is -2.09. The molecule has 0 aliphatic rings. The quantitative estimate of drug-likeness (QED) is 0.802. The Morgan fingerprint density at radius 2 is 1.82 bits per heavy atom. The Bertz CT molecular complexity index is 646. The third kappa shape index (κ3) is 4.48. The minimum atomic E-state index is -0.481. The average Bonchev–Trinajstić information content (AvgIpc) is 2.58. The molecule has 0 radical (unpaired) electrons. The molecule has 1 aromatic carbocycles. The molecular weight excluding hydrogens is 286 g/mol. The number of pyridine rings is 1. The molecule has 0 saturated heterocycles. The van der Waals surface area contributed by atoms with Gasteiger partial charge in [0.05, 0.1) is 7.11 Å². The minimum Gasteiger partial charge on any atom is -0.497 e. The van der Waals surface area contributed by atoms with Crippen molar-refractivity contribution in [3.8, 4) is 11.5 Å². The van der Waals surface area contributed by atoms with Gasteiger partial charge in [-0.2, -0.15) is 0 Å². The van der Waals surface area contributed by atoms with Crippen molar-refractivity contribution in [3.63, 3.8) is 0 Å². The second kappa shape index (κ2) is 7.63. The van der Waals surface area contributed by atoms with Crippen molar-refractivity contribution in [2.75, 3.05) is 13.7 Å². The Kier molecular flexibility index (Phi) is 5.31. The van der Waals surface area contributed by atoms with Crippen LogP contribution >= 0.6 is 0 Å². The summed E-state index contributed by atoms with van der Waals surface area (Å²) in [7, 11) is 1.54. The minimum absolute atomic E-state index is 0.232. The largest absolute Gasteiger partial charge is 0.497 e. The topological polar surface area (TPSA) is 89.5 Å². The lowest BCUT2D eigenvalue weighted by atomic mass is 10.3. The van der Waals surface area contributed by atoms with Gasteiger partial charge in [-0.3, -0.25) is 25.4 Å². The number of amides is 2. The number of hydrogen-bond acceptors (Lipinski definition) is 5. The van der Waals surface area contributed by atoms with Crippen LogP contribution in [-0.2, 0) is 4.79 Å². The van der Waals surface area contributed by atoms with Crippen LogP contribution in [0.4, 0.5) is 0 Å². The van der Waals surface area contributed by atoms with Crippen LogP contribution in [0.15, 0.2) is 48.8 Å². The average molecular weight is 301 g/mol. The first-order chi connectivity index (χ1) is 10.7. The smallest absolute Gasteiger partial charge is 0.276 e. The van der Waals surface area contributed by atoms with Gasteiger partial charge in [0, 0.05) is 24.0 Å². The number of ether oxygens (including phenoxy) is 2. The van der Waals surface area contributed by atoms with Gasteiger partial charge >= 0.3 is 0 Å². The fourth-order valence-electron chi connectivity index (χ4n) is 1.58. The van der Waals surface area contributed by atoms with Gasteiger partial charge in [-0.15, -0.1) is 0 Å². The number of rotatable bonds is 5. The number of nitrogens with zero attached hydrogens (tertiary/aromatic N) is 1. The van der Waals surface area contributed by atoms with Crippen LogP contribution in [0.25, 0.3) is 0 Å². The Balaban J connectivity index is 1.77. The summed E-state index contributed by atoms with van der Waals surface area (Å²) in [5.41, 5.74) is 4.94. The summed E-state index contributed by atoms with van der Waals surface area (Å²) >= 11 is 0. The monoisotopic (exact) mass is 301 g/mol. The molecule has 1 aromatic heterocycles. The molecule has 0 fully saturated rings. The molecule has 2 N–H and O–H groups in total. The molecule has 0 aliphatic heterocycles. The van der Waals surface area contributed by atoms with Crippen molar-refractivity contribution in [2.24, 2.45) is 0 Å². The van der Waals surface area contributed by atoms with Crippen molar-refractivity contribution in [1.29, 1.82) is 0 Å². The van der Waals surface area contributed by atoms with Crippen molar-refractivity contribution < 1.29 is 19.1 Å². The number of nitrogens with one attached hydrogen (secondary N) is 2. The van der Waals surface area contributed by atoms with Gasteiger partial charge in [-0.05, 0) is 24.3 Å². The lowest BCUT2D eigenvalue weighted by Crippen LogP contribution is -2.43. The van der Waals surface area contributed by atoms with E-state index >= 15 is 0 Å². The van der Waals surface area contributed by atoms with Crippen LogP contribution in [0.3, 0.4) is 0 Å². The molecule has 22 heavy (non-hydrogen) atoms. The molecule has 1 heterocycles. The maximum atomic E-state index is 11.7. The van der Waals surface area contributed by atoms with Crippen LogP contribution in [0.5, 0.6) is 11.5 Å². The molecule has 0 atom stereocenters. The van der Waals surface area contributed by atoms with Crippen molar-refractivity contribution >= 4 is 11.8 Å². The molecule has 0 aliphatic carbocycles. The van der Waals surface area contributed by atoms with Gasteiger partial charge in [0.1, 0.15) is 11.5 Å². The summed E-state index contributed by atoms with van der Waals surface area (Å²) in [6, 6.07) is 9.94. The predicted octanol–water partition coefficient (Wildman–Crippen LogP) is 0.930. The van der Waals surface area contributed by atoms with Gasteiger partial charge in [-0.1, -0.05) is 6.07 Å². The van der Waals surface area contributed by atoms with Crippen LogP contribution in [0.2, 0.25) is 0 Å². The Morgan fingerprint density at radius 3 is 2.55 bits per heavy atom. The number of carbonyl (C=O) groups is 2. The van der Waals surface area contributed by atoms with Crippen LogP contribution in [0.1, 0.15) is 10.4 Å². The summed E-state index contributed by atoms with van der Waals surface area (Å²) in [5, 5.41) is 0. The van der Waals surface area contributed by atoms with E-state index in [1.807, 2.05) is 0 Å². The van der Waals surface area contributed by atoms with Gasteiger partial charge in [-0.25, -0.2) is 0 Å². The van der Waals surface area contributed by atoms with Gasteiger partial charge in [0.15, 0.2) is 6.61 Å². The Morgan fingerprint density at radius 1 is 1.09 bits per heavy atom. The molecule has 0 spiro atoms. The standard InChI is InChI=1S/C15H15N3O4/c1-21-12-3-2-4-13(9-12)22-10-14(19)17-18-15(20)11-5-7-16-8-6-11/h2-9H,10H2,1H3,(H,17,19)(H,18,20). The number of benzene rings is 1. The zero-order chi connectivity index (χ0) is 15.8. The van der Waals surface area contributed by atoms with Crippen molar-refractivity contribution in [2.45, 2.75) is 0 Å². The number of carbonyl (C=O) groups excluding carboxylic acids is 2. The molecule has 0 saturated carbocycles. The van der Waals surface area contributed by atoms with E-state index in [1.54, 1.807) is 31.4 Å². The molecular formula is C15H15N3O4. The van der Waals surface area contributed by atoms with E-state index in [0.717, 1.165) is 0 Å². The van der Waals surface area contributed by atoms with E-state index in [1.165, 1.54) is 24.5 Å². The normalized spacial score (nSPS) is 9.68. The van der Waals surface area contributed by atoms with Crippen LogP contribution in [0, 0.1) is 0 Å². The Labute approximate surface area is 127 Å². The first-order valence-electron chi connectivity index (χ1n) is 6.45. The third-order valence-electron chi connectivity index (χ3n) is 2.67. The molecule has 7 heteroatoms. The highest BCUT2D eigenvalue weighted by molar-refractivity contribution is 5.95. The molecule has 114 valence electrons. The fraction of sp³-hybridized carbons (Fsp3) is 0.133. The van der Waals surface area contributed by atoms with Gasteiger partial charge in [0.2, 0.25) is 0 Å². The van der Waals surface area contributed by atoms with Crippen LogP contribution < -0.4 is 20.3 Å². The fourth-order valence-corrected chi connectivity index (χ4v) is 1.58. The number of hydrogen-bond donors (Lipinski definition) is 2. The highest BCUT2D eigenvalue weighted by atomic mass is 16.5. The molecule has 7 nitrogen and oxygen atoms in total. The number of hydrazine groups is 1. The second-order valence-corrected chi connectivity index (χ2v) is 4.21. The third-order valence-corrected chi connectivity index (χ3v) is 2.67. The Hall–Kier alpha value is -3.09. The van der Waals surface area contributed by atoms with Gasteiger partial charge < -0.3 is 9.47 Å². The maximum Gasteiger partial charge on any atom is 0.276 e. The highest BCUT2D eigenvalue weighted by Crippen LogP contribution is 2.18. The SMILES string of the molecule is COc1cccc(OCC(=O)NNC(=O)c2ccncc2)c1. The second-order valence-electron chi connectivity index (χ2n) is 4.21. The van der Waals surface area contributed by atoms with E-state index < -0.39 is 11.8 Å². The maximum absolute atomic E-state index is 11.7. The molecule has 2 rings (SSSR count). The molecule has 2 amide bonds. The van der Waals surface area contributed by atoms with Crippen LogP contribution in [-0.4, -0.2) is 30.5 Å². The molecule has 0 unspecified atom stereocenters.